The lowest BCUT2D eigenvalue weighted by Crippen LogP contribution is -2.70. The van der Waals surface area contributed by atoms with Crippen LogP contribution in [0.5, 0.6) is 5.75 Å². The zero-order valence-electron chi connectivity index (χ0n) is 13.6. The molecule has 0 bridgehead atoms. The van der Waals surface area contributed by atoms with E-state index >= 15 is 0 Å². The molecule has 0 aromatic heterocycles. The topological polar surface area (TPSA) is 75.8 Å². The maximum Gasteiger partial charge on any atom is 0.273 e. The molecule has 6 heteroatoms. The third-order valence-corrected chi connectivity index (χ3v) is 4.93. The molecule has 1 unspecified atom stereocenters. The van der Waals surface area contributed by atoms with Crippen LogP contribution >= 0.6 is 0 Å². The van der Waals surface area contributed by atoms with Crippen LogP contribution in [-0.2, 0) is 0 Å². The van der Waals surface area contributed by atoms with Gasteiger partial charge in [0.2, 0.25) is 0 Å². The molecule has 6 nitrogen and oxygen atoms in total. The Balaban J connectivity index is 1.85. The quantitative estimate of drug-likeness (QED) is 0.645. The third-order valence-electron chi connectivity index (χ3n) is 4.93. The van der Waals surface area contributed by atoms with Crippen LogP contribution in [0.15, 0.2) is 24.3 Å². The lowest BCUT2D eigenvalue weighted by Gasteiger charge is -2.62. The molecule has 1 aliphatic rings. The molecule has 1 saturated heterocycles. The van der Waals surface area contributed by atoms with Crippen molar-refractivity contribution in [2.45, 2.75) is 39.3 Å². The zero-order chi connectivity index (χ0) is 16.5. The van der Waals surface area contributed by atoms with Gasteiger partial charge in [0.1, 0.15) is 18.5 Å². The van der Waals surface area contributed by atoms with E-state index < -0.39 is 11.0 Å². The van der Waals surface area contributed by atoms with Crippen LogP contribution < -0.4 is 4.74 Å². The van der Waals surface area contributed by atoms with Crippen molar-refractivity contribution >= 4 is 5.69 Å². The summed E-state index contributed by atoms with van der Waals surface area (Å²) in [6.45, 7) is 10.4. The number of likely N-dealkylation sites (tertiary alicyclic amines) is 1. The van der Waals surface area contributed by atoms with Crippen LogP contribution in [0.25, 0.3) is 0 Å². The molecule has 1 N–H and O–H groups in total. The summed E-state index contributed by atoms with van der Waals surface area (Å²) in [6, 6.07) is 5.99. The molecule has 22 heavy (non-hydrogen) atoms. The van der Waals surface area contributed by atoms with Gasteiger partial charge in [0.25, 0.3) is 5.69 Å². The second kappa shape index (κ2) is 5.85. The van der Waals surface area contributed by atoms with Crippen LogP contribution in [0.4, 0.5) is 5.69 Å². The molecule has 0 saturated carbocycles. The fourth-order valence-corrected chi connectivity index (χ4v) is 2.68. The minimum absolute atomic E-state index is 0.0161. The monoisotopic (exact) mass is 308 g/mol. The van der Waals surface area contributed by atoms with E-state index in [1.54, 1.807) is 12.1 Å². The number of nitro groups is 1. The summed E-state index contributed by atoms with van der Waals surface area (Å²) in [7, 11) is 0. The Bertz CT molecular complexity index is 557. The Morgan fingerprint density at radius 3 is 2.64 bits per heavy atom. The van der Waals surface area contributed by atoms with E-state index in [0.29, 0.717) is 12.3 Å². The number of nitrogens with zero attached hydrogens (tertiary/aromatic N) is 2. The fourth-order valence-electron chi connectivity index (χ4n) is 2.68. The van der Waals surface area contributed by atoms with Gasteiger partial charge in [-0.2, -0.15) is 0 Å². The van der Waals surface area contributed by atoms with Crippen molar-refractivity contribution in [1.29, 1.82) is 0 Å². The number of aliphatic hydroxyl groups excluding tert-OH is 1. The van der Waals surface area contributed by atoms with Crippen molar-refractivity contribution in [2.75, 3.05) is 19.7 Å². The molecule has 1 aromatic carbocycles. The molecule has 0 spiro atoms. The first kappa shape index (κ1) is 16.7. The van der Waals surface area contributed by atoms with Crippen LogP contribution in [0.1, 0.15) is 27.7 Å². The van der Waals surface area contributed by atoms with Crippen molar-refractivity contribution in [1.82, 2.24) is 4.90 Å². The number of β-amino-alcohol motifs (C(OH)–C–C–N with tert-alkyl or cyclic N) is 1. The summed E-state index contributed by atoms with van der Waals surface area (Å²) in [5, 5.41) is 20.8. The van der Waals surface area contributed by atoms with Crippen LogP contribution in [0.2, 0.25) is 0 Å². The zero-order valence-corrected chi connectivity index (χ0v) is 13.6. The number of ether oxygens (including phenoxy) is 1. The summed E-state index contributed by atoms with van der Waals surface area (Å²) in [5.41, 5.74) is 0.255. The number of nitro benzene ring substituents is 1. The molecule has 0 radical (unpaired) electrons. The van der Waals surface area contributed by atoms with Gasteiger partial charge in [-0.3, -0.25) is 15.0 Å². The van der Waals surface area contributed by atoms with Gasteiger partial charge in [-0.05, 0) is 25.3 Å². The Hall–Kier alpha value is -1.66. The molecular weight excluding hydrogens is 284 g/mol. The van der Waals surface area contributed by atoms with E-state index in [0.717, 1.165) is 6.54 Å². The standard InChI is InChI=1S/C16H24N2O4/c1-15(2)11-17(16(15,3)4)9-13(19)10-22-14-7-5-6-12(8-14)18(20)21/h5-8,13,19H,9-11H2,1-4H3. The molecule has 122 valence electrons. The van der Waals surface area contributed by atoms with Gasteiger partial charge in [-0.15, -0.1) is 0 Å². The predicted molar refractivity (Wildman–Crippen MR) is 84.0 cm³/mol. The molecular formula is C16H24N2O4. The first-order chi connectivity index (χ1) is 10.1. The van der Waals surface area contributed by atoms with Gasteiger partial charge in [-0.1, -0.05) is 19.9 Å². The summed E-state index contributed by atoms with van der Waals surface area (Å²) in [5.74, 6) is 0.399. The Morgan fingerprint density at radius 2 is 2.09 bits per heavy atom. The second-order valence-electron chi connectivity index (χ2n) is 7.04. The maximum atomic E-state index is 10.7. The molecule has 0 aliphatic carbocycles. The van der Waals surface area contributed by atoms with Gasteiger partial charge < -0.3 is 9.84 Å². The summed E-state index contributed by atoms with van der Waals surface area (Å²) < 4.78 is 5.47. The first-order valence-corrected chi connectivity index (χ1v) is 7.44. The van der Waals surface area contributed by atoms with E-state index in [-0.39, 0.29) is 23.2 Å². The van der Waals surface area contributed by atoms with Crippen molar-refractivity contribution in [3.63, 3.8) is 0 Å². The third kappa shape index (κ3) is 3.23. The summed E-state index contributed by atoms with van der Waals surface area (Å²) in [4.78, 5) is 12.5. The SMILES string of the molecule is CC1(C)CN(CC(O)COc2cccc([N+](=O)[O-])c2)C1(C)C. The lowest BCUT2D eigenvalue weighted by molar-refractivity contribution is -0.384. The highest BCUT2D eigenvalue weighted by molar-refractivity contribution is 5.37. The van der Waals surface area contributed by atoms with Crippen molar-refractivity contribution in [2.24, 2.45) is 5.41 Å². The number of non-ortho nitro benzene ring substituents is 1. The Morgan fingerprint density at radius 1 is 1.41 bits per heavy atom. The molecule has 1 aliphatic heterocycles. The van der Waals surface area contributed by atoms with Crippen LogP contribution in [0.3, 0.4) is 0 Å². The van der Waals surface area contributed by atoms with Gasteiger partial charge in [0.05, 0.1) is 11.0 Å². The molecule has 0 amide bonds. The predicted octanol–water partition coefficient (Wildman–Crippen LogP) is 2.45. The Kier molecular flexibility index (Phi) is 4.44. The van der Waals surface area contributed by atoms with Crippen LogP contribution in [0, 0.1) is 15.5 Å². The normalized spacial score (nSPS) is 21.0. The van der Waals surface area contributed by atoms with Crippen molar-refractivity contribution in [3.05, 3.63) is 34.4 Å². The van der Waals surface area contributed by atoms with E-state index in [1.165, 1.54) is 12.1 Å². The second-order valence-corrected chi connectivity index (χ2v) is 7.04. The minimum Gasteiger partial charge on any atom is -0.491 e. The number of rotatable bonds is 6. The van der Waals surface area contributed by atoms with Crippen molar-refractivity contribution in [3.8, 4) is 5.75 Å². The average Bonchev–Trinajstić information content (AvgIpc) is 2.44. The van der Waals surface area contributed by atoms with Crippen molar-refractivity contribution < 1.29 is 14.8 Å². The minimum atomic E-state index is -0.630. The smallest absolute Gasteiger partial charge is 0.273 e. The van der Waals surface area contributed by atoms with Crippen LogP contribution in [-0.4, -0.2) is 46.3 Å². The van der Waals surface area contributed by atoms with E-state index in [4.69, 9.17) is 4.74 Å². The molecule has 1 atom stereocenters. The molecule has 1 fully saturated rings. The fraction of sp³-hybridized carbons (Fsp3) is 0.625. The highest BCUT2D eigenvalue weighted by Gasteiger charge is 2.52. The molecule has 1 aromatic rings. The van der Waals surface area contributed by atoms with E-state index in [9.17, 15) is 15.2 Å². The lowest BCUT2D eigenvalue weighted by atomic mass is 9.65. The Labute approximate surface area is 130 Å². The first-order valence-electron chi connectivity index (χ1n) is 7.44. The highest BCUT2D eigenvalue weighted by atomic mass is 16.6. The summed E-state index contributed by atoms with van der Waals surface area (Å²) >= 11 is 0. The summed E-state index contributed by atoms with van der Waals surface area (Å²) in [6.07, 6.45) is -0.630. The molecule has 1 heterocycles. The number of hydrogen-bond donors (Lipinski definition) is 1. The number of benzene rings is 1. The average molecular weight is 308 g/mol. The highest BCUT2D eigenvalue weighted by Crippen LogP contribution is 2.46. The van der Waals surface area contributed by atoms with Gasteiger partial charge >= 0.3 is 0 Å². The van der Waals surface area contributed by atoms with Gasteiger partial charge in [0.15, 0.2) is 0 Å². The largest absolute Gasteiger partial charge is 0.491 e. The molecule has 2 rings (SSSR count). The number of aliphatic hydroxyl groups is 1. The van der Waals surface area contributed by atoms with Gasteiger partial charge in [0, 0.05) is 24.7 Å². The van der Waals surface area contributed by atoms with E-state index in [2.05, 4.69) is 32.6 Å². The number of hydrogen-bond acceptors (Lipinski definition) is 5. The van der Waals surface area contributed by atoms with E-state index in [1.807, 2.05) is 0 Å². The van der Waals surface area contributed by atoms with Gasteiger partial charge in [-0.25, -0.2) is 0 Å². The maximum absolute atomic E-state index is 10.7.